The Morgan fingerprint density at radius 3 is 2.42 bits per heavy atom. The quantitative estimate of drug-likeness (QED) is 0.175. The Morgan fingerprint density at radius 2 is 1.67 bits per heavy atom. The maximum Gasteiger partial charge on any atom is 0.296 e. The largest absolute Gasteiger partial charge is 0.492 e. The van der Waals surface area contributed by atoms with Gasteiger partial charge >= 0.3 is 0 Å². The number of imidazole rings is 1. The van der Waals surface area contributed by atoms with Gasteiger partial charge in [-0.1, -0.05) is 65.9 Å². The molecule has 2 heterocycles. The van der Waals surface area contributed by atoms with Gasteiger partial charge in [0.15, 0.2) is 10.6 Å². The summed E-state index contributed by atoms with van der Waals surface area (Å²) in [4.78, 5) is 15.7. The minimum absolute atomic E-state index is 0.0484. The normalized spacial score (nSPS) is 11.4. The molecule has 5 aromatic rings. The van der Waals surface area contributed by atoms with Gasteiger partial charge in [-0.25, -0.2) is 9.37 Å². The van der Waals surface area contributed by atoms with Gasteiger partial charge in [-0.2, -0.15) is 0 Å². The molecule has 0 radical (unpaired) electrons. The summed E-state index contributed by atoms with van der Waals surface area (Å²) < 4.78 is 16.2. The van der Waals surface area contributed by atoms with E-state index in [1.54, 1.807) is 24.3 Å². The fraction of sp³-hybridized carbons (Fsp3) is 0. The van der Waals surface area contributed by atoms with Crippen LogP contribution in [0.5, 0.6) is 5.88 Å². The highest BCUT2D eigenvalue weighted by molar-refractivity contribution is 7.21. The van der Waals surface area contributed by atoms with Crippen LogP contribution in [-0.4, -0.2) is 19.4 Å². The van der Waals surface area contributed by atoms with Gasteiger partial charge in [0.25, 0.3) is 5.69 Å². The van der Waals surface area contributed by atoms with Gasteiger partial charge < -0.3 is 5.11 Å². The van der Waals surface area contributed by atoms with Crippen molar-refractivity contribution in [2.45, 2.75) is 0 Å². The number of azo groups is 1. The van der Waals surface area contributed by atoms with Gasteiger partial charge in [0.2, 0.25) is 10.9 Å². The highest BCUT2D eigenvalue weighted by Gasteiger charge is 2.24. The number of thiazole rings is 1. The molecule has 5 rings (SSSR count). The zero-order chi connectivity index (χ0) is 22.9. The molecule has 0 unspecified atom stereocenters. The Hall–Kier alpha value is -4.44. The Labute approximate surface area is 190 Å². The van der Waals surface area contributed by atoms with Crippen molar-refractivity contribution in [2.75, 3.05) is 0 Å². The molecule has 33 heavy (non-hydrogen) atoms. The average Bonchev–Trinajstić information content (AvgIpc) is 3.35. The molecular weight excluding hydrogens is 445 g/mol. The van der Waals surface area contributed by atoms with Gasteiger partial charge in [-0.3, -0.25) is 14.5 Å². The van der Waals surface area contributed by atoms with Gasteiger partial charge in [0, 0.05) is 17.2 Å². The molecule has 0 fully saturated rings. The molecule has 0 aliphatic carbocycles. The first-order valence-corrected chi connectivity index (χ1v) is 10.6. The second-order valence-electron chi connectivity index (χ2n) is 6.95. The lowest BCUT2D eigenvalue weighted by Gasteiger charge is -2.07. The molecule has 0 saturated heterocycles. The second-order valence-corrected chi connectivity index (χ2v) is 7.91. The molecule has 1 N–H and O–H groups in total. The lowest BCUT2D eigenvalue weighted by atomic mass is 10.0. The number of nitro benzene ring substituents is 1. The van der Waals surface area contributed by atoms with Crippen LogP contribution in [0.3, 0.4) is 0 Å². The van der Waals surface area contributed by atoms with Gasteiger partial charge in [0.1, 0.15) is 5.82 Å². The van der Waals surface area contributed by atoms with Crippen LogP contribution >= 0.6 is 11.3 Å². The van der Waals surface area contributed by atoms with E-state index in [4.69, 9.17) is 0 Å². The number of rotatable bonds is 5. The molecule has 10 heteroatoms. The molecule has 2 aromatic heterocycles. The van der Waals surface area contributed by atoms with Crippen molar-refractivity contribution in [1.29, 1.82) is 0 Å². The first-order valence-electron chi connectivity index (χ1n) is 9.74. The van der Waals surface area contributed by atoms with E-state index < -0.39 is 10.7 Å². The minimum atomic E-state index is -0.558. The van der Waals surface area contributed by atoms with Crippen LogP contribution in [0.4, 0.5) is 20.8 Å². The standard InChI is InChI=1S/C23H14FN5O3S/c24-16-11-5-4-10-15(16)20-19(14-8-2-1-3-9-14)25-23-28(20)22(30)21(33-23)27-26-17-12-6-7-13-18(17)29(31)32/h1-13,30H. The predicted molar refractivity (Wildman–Crippen MR) is 123 cm³/mol. The van der Waals surface area contributed by atoms with E-state index in [0.29, 0.717) is 16.3 Å². The van der Waals surface area contributed by atoms with Crippen molar-refractivity contribution in [3.63, 3.8) is 0 Å². The number of fused-ring (bicyclic) bond motifs is 1. The number of para-hydroxylation sites is 1. The number of hydrogen-bond donors (Lipinski definition) is 1. The summed E-state index contributed by atoms with van der Waals surface area (Å²) in [6, 6.07) is 21.4. The van der Waals surface area contributed by atoms with Crippen molar-refractivity contribution < 1.29 is 14.4 Å². The molecule has 0 aliphatic rings. The SMILES string of the molecule is O=[N+]([O-])c1ccccc1N=Nc1sc2nc(-c3ccccc3)c(-c3ccccc3F)n2c1O. The second kappa shape index (κ2) is 8.24. The van der Waals surface area contributed by atoms with Crippen LogP contribution in [0.2, 0.25) is 0 Å². The van der Waals surface area contributed by atoms with E-state index in [1.165, 1.54) is 28.7 Å². The lowest BCUT2D eigenvalue weighted by Crippen LogP contribution is -1.91. The average molecular weight is 459 g/mol. The van der Waals surface area contributed by atoms with Crippen LogP contribution in [0.15, 0.2) is 89.1 Å². The molecule has 8 nitrogen and oxygen atoms in total. The summed E-state index contributed by atoms with van der Waals surface area (Å²) in [5, 5.41) is 30.2. The molecule has 3 aromatic carbocycles. The lowest BCUT2D eigenvalue weighted by molar-refractivity contribution is -0.384. The maximum absolute atomic E-state index is 14.8. The third-order valence-electron chi connectivity index (χ3n) is 4.94. The van der Waals surface area contributed by atoms with Crippen molar-refractivity contribution in [3.8, 4) is 28.4 Å². The number of benzene rings is 3. The summed E-state index contributed by atoms with van der Waals surface area (Å²) in [7, 11) is 0. The molecule has 162 valence electrons. The van der Waals surface area contributed by atoms with Crippen LogP contribution in [0, 0.1) is 15.9 Å². The summed E-state index contributed by atoms with van der Waals surface area (Å²) in [5.74, 6) is -0.754. The van der Waals surface area contributed by atoms with E-state index in [9.17, 15) is 19.6 Å². The van der Waals surface area contributed by atoms with Gasteiger partial charge in [-0.05, 0) is 18.2 Å². The number of aromatic hydroxyl groups is 1. The minimum Gasteiger partial charge on any atom is -0.492 e. The predicted octanol–water partition coefficient (Wildman–Crippen LogP) is 6.90. The fourth-order valence-corrected chi connectivity index (χ4v) is 4.30. The summed E-state index contributed by atoms with van der Waals surface area (Å²) in [6.07, 6.45) is 0. The highest BCUT2D eigenvalue weighted by atomic mass is 32.1. The molecule has 0 atom stereocenters. The number of aromatic nitrogens is 2. The van der Waals surface area contributed by atoms with Crippen molar-refractivity contribution in [1.82, 2.24) is 9.38 Å². The molecule has 0 aliphatic heterocycles. The number of nitro groups is 1. The smallest absolute Gasteiger partial charge is 0.296 e. The van der Waals surface area contributed by atoms with Crippen molar-refractivity contribution in [3.05, 3.63) is 94.8 Å². The van der Waals surface area contributed by atoms with E-state index in [-0.39, 0.29) is 27.8 Å². The number of hydrogen-bond acceptors (Lipinski definition) is 7. The zero-order valence-corrected chi connectivity index (χ0v) is 17.6. The van der Waals surface area contributed by atoms with E-state index >= 15 is 0 Å². The monoisotopic (exact) mass is 459 g/mol. The summed E-state index contributed by atoms with van der Waals surface area (Å²) in [6.45, 7) is 0. The first kappa shape index (κ1) is 20.5. The van der Waals surface area contributed by atoms with Crippen LogP contribution in [0.25, 0.3) is 27.5 Å². The first-order chi connectivity index (χ1) is 16.0. The summed E-state index contributed by atoms with van der Waals surface area (Å²) in [5.41, 5.74) is 1.74. The van der Waals surface area contributed by atoms with Crippen molar-refractivity contribution >= 4 is 32.7 Å². The van der Waals surface area contributed by atoms with Gasteiger partial charge in [-0.15, -0.1) is 10.2 Å². The highest BCUT2D eigenvalue weighted by Crippen LogP contribution is 2.44. The van der Waals surface area contributed by atoms with E-state index in [1.807, 2.05) is 30.3 Å². The van der Waals surface area contributed by atoms with Crippen LogP contribution in [-0.2, 0) is 0 Å². The van der Waals surface area contributed by atoms with Gasteiger partial charge in [0.05, 0.1) is 16.3 Å². The Bertz CT molecular complexity index is 1530. The number of halogens is 1. The molecular formula is C23H14FN5O3S. The van der Waals surface area contributed by atoms with E-state index in [2.05, 4.69) is 15.2 Å². The molecule has 0 saturated carbocycles. The Balaban J connectivity index is 1.69. The zero-order valence-electron chi connectivity index (χ0n) is 16.8. The maximum atomic E-state index is 14.8. The third kappa shape index (κ3) is 3.62. The molecule has 0 spiro atoms. The topological polar surface area (TPSA) is 105 Å². The van der Waals surface area contributed by atoms with Crippen molar-refractivity contribution in [2.24, 2.45) is 10.2 Å². The Morgan fingerprint density at radius 1 is 0.970 bits per heavy atom. The van der Waals surface area contributed by atoms with Crippen LogP contribution < -0.4 is 0 Å². The summed E-state index contributed by atoms with van der Waals surface area (Å²) >= 11 is 1.04. The third-order valence-corrected chi connectivity index (χ3v) is 5.85. The number of nitrogens with zero attached hydrogens (tertiary/aromatic N) is 5. The Kier molecular flexibility index (Phi) is 5.11. The fourth-order valence-electron chi connectivity index (χ4n) is 3.46. The molecule has 0 bridgehead atoms. The van der Waals surface area contributed by atoms with E-state index in [0.717, 1.165) is 16.9 Å². The van der Waals surface area contributed by atoms with Crippen LogP contribution in [0.1, 0.15) is 0 Å². The molecule has 0 amide bonds.